The van der Waals surface area contributed by atoms with Gasteiger partial charge in [0.15, 0.2) is 0 Å². The molecular formula is C17H23N3O. The third kappa shape index (κ3) is 3.34. The van der Waals surface area contributed by atoms with Crippen molar-refractivity contribution < 1.29 is 4.74 Å². The van der Waals surface area contributed by atoms with E-state index in [-0.39, 0.29) is 6.10 Å². The van der Waals surface area contributed by atoms with Crippen LogP contribution in [-0.2, 0) is 24.2 Å². The Bertz CT molecular complexity index is 591. The Morgan fingerprint density at radius 1 is 1.33 bits per heavy atom. The van der Waals surface area contributed by atoms with Gasteiger partial charge < -0.3 is 10.1 Å². The molecule has 0 saturated heterocycles. The second kappa shape index (κ2) is 6.41. The second-order valence-corrected chi connectivity index (χ2v) is 5.85. The van der Waals surface area contributed by atoms with Gasteiger partial charge in [0.05, 0.1) is 18.8 Å². The lowest BCUT2D eigenvalue weighted by Gasteiger charge is -2.26. The summed E-state index contributed by atoms with van der Waals surface area (Å²) < 4.78 is 8.03. The van der Waals surface area contributed by atoms with Crippen molar-refractivity contribution in [3.8, 4) is 0 Å². The van der Waals surface area contributed by atoms with Crippen molar-refractivity contribution >= 4 is 0 Å². The van der Waals surface area contributed by atoms with E-state index in [0.717, 1.165) is 26.1 Å². The summed E-state index contributed by atoms with van der Waals surface area (Å²) in [6.45, 7) is 6.72. The van der Waals surface area contributed by atoms with Crippen LogP contribution in [0.25, 0.3) is 0 Å². The highest BCUT2D eigenvalue weighted by Crippen LogP contribution is 2.28. The number of hydrogen-bond donors (Lipinski definition) is 1. The van der Waals surface area contributed by atoms with Gasteiger partial charge >= 0.3 is 0 Å². The van der Waals surface area contributed by atoms with Gasteiger partial charge in [-0.15, -0.1) is 0 Å². The van der Waals surface area contributed by atoms with E-state index in [4.69, 9.17) is 4.74 Å². The average molecular weight is 285 g/mol. The van der Waals surface area contributed by atoms with Gasteiger partial charge in [-0.3, -0.25) is 4.68 Å². The Morgan fingerprint density at radius 2 is 2.19 bits per heavy atom. The molecule has 1 aromatic carbocycles. The lowest BCUT2D eigenvalue weighted by Crippen LogP contribution is -2.26. The van der Waals surface area contributed by atoms with Crippen LogP contribution in [0.15, 0.2) is 36.5 Å². The number of nitrogens with one attached hydrogen (secondary N) is 1. The maximum atomic E-state index is 5.98. The Morgan fingerprint density at radius 3 is 3.05 bits per heavy atom. The van der Waals surface area contributed by atoms with Gasteiger partial charge in [0, 0.05) is 18.8 Å². The van der Waals surface area contributed by atoms with E-state index >= 15 is 0 Å². The van der Waals surface area contributed by atoms with E-state index in [2.05, 4.69) is 59.3 Å². The molecular weight excluding hydrogens is 262 g/mol. The van der Waals surface area contributed by atoms with Crippen molar-refractivity contribution in [3.63, 3.8) is 0 Å². The summed E-state index contributed by atoms with van der Waals surface area (Å²) in [5.74, 6) is 0. The molecule has 4 heteroatoms. The van der Waals surface area contributed by atoms with Crippen LogP contribution in [0.4, 0.5) is 0 Å². The van der Waals surface area contributed by atoms with Gasteiger partial charge in [0.1, 0.15) is 6.10 Å². The van der Waals surface area contributed by atoms with Crippen molar-refractivity contribution in [2.24, 2.45) is 0 Å². The lowest BCUT2D eigenvalue weighted by molar-refractivity contribution is 0.0276. The molecule has 1 unspecified atom stereocenters. The summed E-state index contributed by atoms with van der Waals surface area (Å²) in [4.78, 5) is 0. The predicted octanol–water partition coefficient (Wildman–Crippen LogP) is 2.70. The molecule has 0 fully saturated rings. The van der Waals surface area contributed by atoms with Crippen molar-refractivity contribution in [2.45, 2.75) is 45.5 Å². The molecule has 0 bridgehead atoms. The van der Waals surface area contributed by atoms with Crippen LogP contribution in [0.3, 0.4) is 0 Å². The molecule has 0 spiro atoms. The predicted molar refractivity (Wildman–Crippen MR) is 83.0 cm³/mol. The first-order valence-corrected chi connectivity index (χ1v) is 7.67. The molecule has 0 aliphatic carbocycles. The van der Waals surface area contributed by atoms with Gasteiger partial charge in [-0.1, -0.05) is 38.1 Å². The molecule has 0 saturated carbocycles. The number of benzene rings is 1. The number of nitrogens with zero attached hydrogens (tertiary/aromatic N) is 2. The quantitative estimate of drug-likeness (QED) is 0.918. The Balaban J connectivity index is 1.75. The largest absolute Gasteiger partial charge is 0.371 e. The van der Waals surface area contributed by atoms with Gasteiger partial charge in [-0.2, -0.15) is 5.10 Å². The molecule has 1 N–H and O–H groups in total. The van der Waals surface area contributed by atoms with Crippen LogP contribution in [0, 0.1) is 0 Å². The molecule has 2 aromatic rings. The minimum absolute atomic E-state index is 0.104. The SMILES string of the molecule is CC(C)NCc1ccnn1CC1OCCc2ccccc21. The minimum Gasteiger partial charge on any atom is -0.371 e. The highest BCUT2D eigenvalue weighted by Gasteiger charge is 2.21. The number of ether oxygens (including phenoxy) is 1. The zero-order chi connectivity index (χ0) is 14.7. The second-order valence-electron chi connectivity index (χ2n) is 5.85. The summed E-state index contributed by atoms with van der Waals surface area (Å²) >= 11 is 0. The minimum atomic E-state index is 0.104. The van der Waals surface area contributed by atoms with Crippen LogP contribution in [0.5, 0.6) is 0 Å². The van der Waals surface area contributed by atoms with Crippen LogP contribution in [-0.4, -0.2) is 22.4 Å². The molecule has 0 amide bonds. The monoisotopic (exact) mass is 285 g/mol. The topological polar surface area (TPSA) is 39.1 Å². The standard InChI is InChI=1S/C17H23N3O/c1-13(2)18-11-15-7-9-19-20(15)12-17-16-6-4-3-5-14(16)8-10-21-17/h3-7,9,13,17-18H,8,10-12H2,1-2H3. The number of fused-ring (bicyclic) bond motifs is 1. The van der Waals surface area contributed by atoms with E-state index in [1.165, 1.54) is 16.8 Å². The normalized spacial score (nSPS) is 18.0. The fraction of sp³-hybridized carbons (Fsp3) is 0.471. The molecule has 1 aromatic heterocycles. The smallest absolute Gasteiger partial charge is 0.102 e. The Kier molecular flexibility index (Phi) is 4.36. The van der Waals surface area contributed by atoms with Gasteiger partial charge in [-0.25, -0.2) is 0 Å². The number of hydrogen-bond acceptors (Lipinski definition) is 3. The zero-order valence-corrected chi connectivity index (χ0v) is 12.7. The molecule has 3 rings (SSSR count). The van der Waals surface area contributed by atoms with Crippen molar-refractivity contribution in [2.75, 3.05) is 6.61 Å². The summed E-state index contributed by atoms with van der Waals surface area (Å²) in [5.41, 5.74) is 3.92. The van der Waals surface area contributed by atoms with Crippen molar-refractivity contribution in [1.29, 1.82) is 0 Å². The average Bonchev–Trinajstić information content (AvgIpc) is 2.93. The molecule has 112 valence electrons. The summed E-state index contributed by atoms with van der Waals surface area (Å²) in [7, 11) is 0. The van der Waals surface area contributed by atoms with E-state index < -0.39 is 0 Å². The van der Waals surface area contributed by atoms with Gasteiger partial charge in [0.25, 0.3) is 0 Å². The van der Waals surface area contributed by atoms with Crippen LogP contribution in [0.2, 0.25) is 0 Å². The summed E-state index contributed by atoms with van der Waals surface area (Å²) in [6, 6.07) is 11.1. The van der Waals surface area contributed by atoms with E-state index in [0.29, 0.717) is 6.04 Å². The van der Waals surface area contributed by atoms with Gasteiger partial charge in [0.2, 0.25) is 0 Å². The van der Waals surface area contributed by atoms with Gasteiger partial charge in [-0.05, 0) is 23.6 Å². The molecule has 21 heavy (non-hydrogen) atoms. The molecule has 1 aliphatic rings. The maximum absolute atomic E-state index is 5.98. The third-order valence-corrected chi connectivity index (χ3v) is 3.93. The zero-order valence-electron chi connectivity index (χ0n) is 12.7. The highest BCUT2D eigenvalue weighted by atomic mass is 16.5. The lowest BCUT2D eigenvalue weighted by atomic mass is 9.97. The Labute approximate surface area is 126 Å². The first-order valence-electron chi connectivity index (χ1n) is 7.67. The Hall–Kier alpha value is -1.65. The first-order chi connectivity index (χ1) is 10.2. The molecule has 2 heterocycles. The fourth-order valence-corrected chi connectivity index (χ4v) is 2.77. The number of aromatic nitrogens is 2. The van der Waals surface area contributed by atoms with E-state index in [9.17, 15) is 0 Å². The fourth-order valence-electron chi connectivity index (χ4n) is 2.77. The highest BCUT2D eigenvalue weighted by molar-refractivity contribution is 5.30. The van der Waals surface area contributed by atoms with E-state index in [1.807, 2.05) is 6.20 Å². The summed E-state index contributed by atoms with van der Waals surface area (Å²) in [5, 5.41) is 7.90. The van der Waals surface area contributed by atoms with E-state index in [1.54, 1.807) is 0 Å². The van der Waals surface area contributed by atoms with Crippen LogP contribution >= 0.6 is 0 Å². The maximum Gasteiger partial charge on any atom is 0.102 e. The summed E-state index contributed by atoms with van der Waals surface area (Å²) in [6.07, 6.45) is 2.98. The van der Waals surface area contributed by atoms with Crippen molar-refractivity contribution in [1.82, 2.24) is 15.1 Å². The van der Waals surface area contributed by atoms with Crippen molar-refractivity contribution in [3.05, 3.63) is 53.3 Å². The molecule has 1 aliphatic heterocycles. The molecule has 4 nitrogen and oxygen atoms in total. The van der Waals surface area contributed by atoms with Crippen LogP contribution < -0.4 is 5.32 Å². The molecule has 1 atom stereocenters. The third-order valence-electron chi connectivity index (χ3n) is 3.93. The molecule has 0 radical (unpaired) electrons. The van der Waals surface area contributed by atoms with Crippen LogP contribution in [0.1, 0.15) is 36.8 Å². The number of rotatable bonds is 5. The first kappa shape index (κ1) is 14.3.